The second-order valence-corrected chi connectivity index (χ2v) is 4.65. The molecule has 1 heterocycles. The van der Waals surface area contributed by atoms with Crippen LogP contribution in [0.5, 0.6) is 11.5 Å². The second kappa shape index (κ2) is 5.17. The molecule has 0 saturated carbocycles. The molecule has 104 valence electrons. The molecule has 1 aliphatic rings. The summed E-state index contributed by atoms with van der Waals surface area (Å²) in [5.74, 6) is -0.104. The van der Waals surface area contributed by atoms with E-state index in [2.05, 4.69) is 5.32 Å². The highest BCUT2D eigenvalue weighted by Gasteiger charge is 2.17. The molecule has 3 rings (SSSR count). The van der Waals surface area contributed by atoms with Gasteiger partial charge in [-0.2, -0.15) is 0 Å². The van der Waals surface area contributed by atoms with Gasteiger partial charge in [0.15, 0.2) is 11.5 Å². The molecule has 0 radical (unpaired) electrons. The Morgan fingerprint density at radius 2 is 1.75 bits per heavy atom. The number of hydrogen-bond donors (Lipinski definition) is 1. The molecule has 3 nitrogen and oxygen atoms in total. The number of rotatable bonds is 3. The number of ether oxygens (including phenoxy) is 2. The Bertz CT molecular complexity index is 644. The van der Waals surface area contributed by atoms with Gasteiger partial charge in [0, 0.05) is 24.2 Å². The van der Waals surface area contributed by atoms with Gasteiger partial charge < -0.3 is 14.8 Å². The first-order chi connectivity index (χ1) is 9.65. The fourth-order valence-electron chi connectivity index (χ4n) is 1.94. The van der Waals surface area contributed by atoms with Crippen molar-refractivity contribution in [3.8, 4) is 11.5 Å². The molecule has 0 amide bonds. The van der Waals surface area contributed by atoms with Crippen molar-refractivity contribution in [1.29, 1.82) is 0 Å². The summed E-state index contributed by atoms with van der Waals surface area (Å²) in [5, 5.41) is 3.29. The molecule has 1 aliphatic heterocycles. The largest absolute Gasteiger partial charge is 0.454 e. The van der Waals surface area contributed by atoms with E-state index in [4.69, 9.17) is 21.1 Å². The SMILES string of the molecule is Fc1cccc(F)c1CNc1cc2c(cc1Cl)OCO2. The molecule has 0 bridgehead atoms. The predicted molar refractivity (Wildman–Crippen MR) is 71.3 cm³/mol. The molecule has 0 spiro atoms. The van der Waals surface area contributed by atoms with E-state index >= 15 is 0 Å². The van der Waals surface area contributed by atoms with Gasteiger partial charge in [0.1, 0.15) is 11.6 Å². The maximum atomic E-state index is 13.5. The molecule has 0 fully saturated rings. The van der Waals surface area contributed by atoms with E-state index in [1.54, 1.807) is 12.1 Å². The fourth-order valence-corrected chi connectivity index (χ4v) is 2.16. The van der Waals surface area contributed by atoms with Gasteiger partial charge in [0.05, 0.1) is 10.7 Å². The van der Waals surface area contributed by atoms with E-state index in [1.807, 2.05) is 0 Å². The molecule has 2 aromatic carbocycles. The maximum absolute atomic E-state index is 13.5. The molecule has 0 unspecified atom stereocenters. The van der Waals surface area contributed by atoms with Crippen LogP contribution in [-0.2, 0) is 6.54 Å². The van der Waals surface area contributed by atoms with Crippen molar-refractivity contribution in [1.82, 2.24) is 0 Å². The molecule has 6 heteroatoms. The first-order valence-corrected chi connectivity index (χ1v) is 6.29. The van der Waals surface area contributed by atoms with Crippen molar-refractivity contribution in [3.63, 3.8) is 0 Å². The highest BCUT2D eigenvalue weighted by Crippen LogP contribution is 2.39. The molecule has 20 heavy (non-hydrogen) atoms. The first kappa shape index (κ1) is 13.0. The normalized spacial score (nSPS) is 12.6. The number of benzene rings is 2. The van der Waals surface area contributed by atoms with Crippen LogP contribution in [0.15, 0.2) is 30.3 Å². The third kappa shape index (κ3) is 2.36. The summed E-state index contributed by atoms with van der Waals surface area (Å²) in [6.07, 6.45) is 0. The molecular formula is C14H10ClF2NO2. The summed E-state index contributed by atoms with van der Waals surface area (Å²) < 4.78 is 37.4. The van der Waals surface area contributed by atoms with E-state index in [-0.39, 0.29) is 18.9 Å². The standard InChI is InChI=1S/C14H10ClF2NO2/c15-9-4-13-14(20-7-19-13)5-12(9)18-6-8-10(16)2-1-3-11(8)17/h1-5,18H,6-7H2. The van der Waals surface area contributed by atoms with Crippen LogP contribution in [0.25, 0.3) is 0 Å². The highest BCUT2D eigenvalue weighted by molar-refractivity contribution is 6.33. The summed E-state index contributed by atoms with van der Waals surface area (Å²) in [5.41, 5.74) is 0.486. The maximum Gasteiger partial charge on any atom is 0.231 e. The van der Waals surface area contributed by atoms with E-state index in [0.717, 1.165) is 0 Å². The molecule has 0 atom stereocenters. The van der Waals surface area contributed by atoms with Crippen LogP contribution in [0.3, 0.4) is 0 Å². The predicted octanol–water partition coefficient (Wildman–Crippen LogP) is 3.96. The number of fused-ring (bicyclic) bond motifs is 1. The zero-order chi connectivity index (χ0) is 14.1. The Hall–Kier alpha value is -2.01. The first-order valence-electron chi connectivity index (χ1n) is 5.91. The minimum Gasteiger partial charge on any atom is -0.454 e. The van der Waals surface area contributed by atoms with Crippen LogP contribution >= 0.6 is 11.6 Å². The smallest absolute Gasteiger partial charge is 0.231 e. The molecule has 0 saturated heterocycles. The minimum atomic E-state index is -0.602. The summed E-state index contributed by atoms with van der Waals surface area (Å²) in [4.78, 5) is 0. The third-order valence-corrected chi connectivity index (χ3v) is 3.29. The Morgan fingerprint density at radius 1 is 1.10 bits per heavy atom. The van der Waals surface area contributed by atoms with Gasteiger partial charge in [-0.15, -0.1) is 0 Å². The third-order valence-electron chi connectivity index (χ3n) is 2.98. The summed E-state index contributed by atoms with van der Waals surface area (Å²) in [6.45, 7) is 0.120. The van der Waals surface area contributed by atoms with Crippen LogP contribution in [0.2, 0.25) is 5.02 Å². The summed E-state index contributed by atoms with van der Waals surface area (Å²) in [7, 11) is 0. The van der Waals surface area contributed by atoms with Gasteiger partial charge in [0.25, 0.3) is 0 Å². The van der Waals surface area contributed by atoms with Crippen LogP contribution in [-0.4, -0.2) is 6.79 Å². The Kier molecular flexibility index (Phi) is 3.36. The van der Waals surface area contributed by atoms with E-state index in [1.165, 1.54) is 18.2 Å². The lowest BCUT2D eigenvalue weighted by atomic mass is 10.2. The topological polar surface area (TPSA) is 30.5 Å². The molecule has 0 aromatic heterocycles. The molecular weight excluding hydrogens is 288 g/mol. The van der Waals surface area contributed by atoms with E-state index < -0.39 is 11.6 Å². The lowest BCUT2D eigenvalue weighted by Crippen LogP contribution is -2.05. The van der Waals surface area contributed by atoms with Gasteiger partial charge in [-0.05, 0) is 12.1 Å². The molecule has 0 aliphatic carbocycles. The van der Waals surface area contributed by atoms with Gasteiger partial charge in [-0.25, -0.2) is 8.78 Å². The number of nitrogens with one attached hydrogen (secondary N) is 1. The summed E-state index contributed by atoms with van der Waals surface area (Å²) in [6, 6.07) is 6.98. The van der Waals surface area contributed by atoms with Crippen LogP contribution < -0.4 is 14.8 Å². The molecule has 1 N–H and O–H groups in total. The van der Waals surface area contributed by atoms with Crippen molar-refractivity contribution in [2.75, 3.05) is 12.1 Å². The van der Waals surface area contributed by atoms with E-state index in [0.29, 0.717) is 22.2 Å². The van der Waals surface area contributed by atoms with Gasteiger partial charge in [0.2, 0.25) is 6.79 Å². The fraction of sp³-hybridized carbons (Fsp3) is 0.143. The lowest BCUT2D eigenvalue weighted by Gasteiger charge is -2.10. The van der Waals surface area contributed by atoms with Gasteiger partial charge in [-0.3, -0.25) is 0 Å². The second-order valence-electron chi connectivity index (χ2n) is 4.24. The van der Waals surface area contributed by atoms with E-state index in [9.17, 15) is 8.78 Å². The average Bonchev–Trinajstić information content (AvgIpc) is 2.85. The van der Waals surface area contributed by atoms with Crippen LogP contribution in [0.4, 0.5) is 14.5 Å². The van der Waals surface area contributed by atoms with Crippen LogP contribution in [0, 0.1) is 11.6 Å². The Balaban J connectivity index is 1.82. The Morgan fingerprint density at radius 3 is 2.45 bits per heavy atom. The van der Waals surface area contributed by atoms with Crippen molar-refractivity contribution < 1.29 is 18.3 Å². The number of anilines is 1. The van der Waals surface area contributed by atoms with Crippen molar-refractivity contribution in [3.05, 3.63) is 52.6 Å². The molecule has 2 aromatic rings. The van der Waals surface area contributed by atoms with Crippen molar-refractivity contribution in [2.24, 2.45) is 0 Å². The zero-order valence-corrected chi connectivity index (χ0v) is 11.0. The average molecular weight is 298 g/mol. The minimum absolute atomic E-state index is 0.0160. The number of halogens is 3. The lowest BCUT2D eigenvalue weighted by molar-refractivity contribution is 0.174. The quantitative estimate of drug-likeness (QED) is 0.930. The van der Waals surface area contributed by atoms with Crippen molar-refractivity contribution in [2.45, 2.75) is 6.54 Å². The zero-order valence-electron chi connectivity index (χ0n) is 10.3. The van der Waals surface area contributed by atoms with Crippen LogP contribution in [0.1, 0.15) is 5.56 Å². The Labute approximate surface area is 119 Å². The monoisotopic (exact) mass is 297 g/mol. The van der Waals surface area contributed by atoms with Gasteiger partial charge in [-0.1, -0.05) is 17.7 Å². The number of hydrogen-bond acceptors (Lipinski definition) is 3. The highest BCUT2D eigenvalue weighted by atomic mass is 35.5. The van der Waals surface area contributed by atoms with Gasteiger partial charge >= 0.3 is 0 Å². The summed E-state index contributed by atoms with van der Waals surface area (Å²) >= 11 is 6.07. The van der Waals surface area contributed by atoms with Crippen molar-refractivity contribution >= 4 is 17.3 Å².